The van der Waals surface area contributed by atoms with E-state index >= 15 is 0 Å². The lowest BCUT2D eigenvalue weighted by molar-refractivity contribution is 0.0694. The first-order valence-electron chi connectivity index (χ1n) is 5.98. The Morgan fingerprint density at radius 1 is 1.26 bits per heavy atom. The number of aromatic hydroxyl groups is 1. The van der Waals surface area contributed by atoms with Crippen molar-refractivity contribution in [1.29, 1.82) is 0 Å². The molecule has 0 amide bonds. The van der Waals surface area contributed by atoms with Crippen LogP contribution in [0.1, 0.15) is 36.0 Å². The van der Waals surface area contributed by atoms with E-state index in [-0.39, 0.29) is 11.3 Å². The van der Waals surface area contributed by atoms with Crippen molar-refractivity contribution in [2.75, 3.05) is 4.72 Å². The third-order valence-corrected chi connectivity index (χ3v) is 5.10. The van der Waals surface area contributed by atoms with Gasteiger partial charge in [0, 0.05) is 6.07 Å². The van der Waals surface area contributed by atoms with Crippen molar-refractivity contribution in [3.05, 3.63) is 23.8 Å². The zero-order valence-electron chi connectivity index (χ0n) is 10.2. The zero-order valence-corrected chi connectivity index (χ0v) is 11.0. The number of nitrogens with one attached hydrogen (secondary N) is 1. The second-order valence-corrected chi connectivity index (χ2v) is 6.55. The van der Waals surface area contributed by atoms with E-state index in [0.29, 0.717) is 12.8 Å². The van der Waals surface area contributed by atoms with Crippen LogP contribution < -0.4 is 4.72 Å². The maximum atomic E-state index is 12.0. The molecular weight excluding hydrogens is 270 g/mol. The minimum atomic E-state index is -3.47. The number of hydrogen-bond donors (Lipinski definition) is 3. The first kappa shape index (κ1) is 13.7. The fraction of sp³-hybridized carbons (Fsp3) is 0.417. The summed E-state index contributed by atoms with van der Waals surface area (Å²) in [5, 5.41) is 17.9. The number of rotatable bonds is 4. The summed E-state index contributed by atoms with van der Waals surface area (Å²) in [5.41, 5.74) is -0.0850. The number of carboxylic acid groups (broad SMARTS) is 1. The van der Waals surface area contributed by atoms with Gasteiger partial charge in [-0.25, -0.2) is 13.2 Å². The molecule has 1 fully saturated rings. The second-order valence-electron chi connectivity index (χ2n) is 4.59. The summed E-state index contributed by atoms with van der Waals surface area (Å²) < 4.78 is 26.4. The normalized spacial score (nSPS) is 16.4. The van der Waals surface area contributed by atoms with Gasteiger partial charge in [0.1, 0.15) is 11.3 Å². The van der Waals surface area contributed by atoms with Gasteiger partial charge < -0.3 is 10.2 Å². The lowest BCUT2D eigenvalue weighted by atomic mass is 10.2. The molecule has 1 aromatic carbocycles. The van der Waals surface area contributed by atoms with Crippen molar-refractivity contribution in [3.8, 4) is 5.75 Å². The molecule has 7 heteroatoms. The largest absolute Gasteiger partial charge is 0.507 e. The molecule has 19 heavy (non-hydrogen) atoms. The Balaban J connectivity index is 2.19. The van der Waals surface area contributed by atoms with Crippen LogP contribution >= 0.6 is 0 Å². The summed E-state index contributed by atoms with van der Waals surface area (Å²) in [7, 11) is -3.47. The Labute approximate surface area is 111 Å². The van der Waals surface area contributed by atoms with Gasteiger partial charge in [-0.3, -0.25) is 4.72 Å². The average molecular weight is 285 g/mol. The van der Waals surface area contributed by atoms with Gasteiger partial charge in [-0.05, 0) is 25.0 Å². The molecule has 2 rings (SSSR count). The van der Waals surface area contributed by atoms with Crippen molar-refractivity contribution in [1.82, 2.24) is 0 Å². The van der Waals surface area contributed by atoms with Gasteiger partial charge >= 0.3 is 5.97 Å². The van der Waals surface area contributed by atoms with Crippen LogP contribution in [0.4, 0.5) is 5.69 Å². The Morgan fingerprint density at radius 2 is 1.89 bits per heavy atom. The van der Waals surface area contributed by atoms with Crippen LogP contribution in [0.5, 0.6) is 5.75 Å². The van der Waals surface area contributed by atoms with Crippen LogP contribution in [0.2, 0.25) is 0 Å². The van der Waals surface area contributed by atoms with E-state index in [1.165, 1.54) is 12.1 Å². The molecule has 1 aliphatic rings. The van der Waals surface area contributed by atoms with Crippen LogP contribution in [0.15, 0.2) is 18.2 Å². The summed E-state index contributed by atoms with van der Waals surface area (Å²) in [4.78, 5) is 10.7. The number of sulfonamides is 1. The maximum Gasteiger partial charge on any atom is 0.339 e. The van der Waals surface area contributed by atoms with Crippen LogP contribution in [-0.4, -0.2) is 29.9 Å². The molecular formula is C12H15NO5S. The van der Waals surface area contributed by atoms with E-state index in [1.54, 1.807) is 0 Å². The number of carboxylic acids is 1. The highest BCUT2D eigenvalue weighted by Gasteiger charge is 2.28. The van der Waals surface area contributed by atoms with Gasteiger partial charge in [-0.2, -0.15) is 0 Å². The SMILES string of the molecule is O=C(O)c1ccc(NS(=O)(=O)C2CCCC2)cc1O. The third-order valence-electron chi connectivity index (χ3n) is 3.23. The Kier molecular flexibility index (Phi) is 3.66. The number of phenols is 1. The van der Waals surface area contributed by atoms with Gasteiger partial charge in [0.25, 0.3) is 0 Å². The number of hydrogen-bond acceptors (Lipinski definition) is 4. The van der Waals surface area contributed by atoms with E-state index in [1.807, 2.05) is 0 Å². The average Bonchev–Trinajstić information content (AvgIpc) is 2.81. The van der Waals surface area contributed by atoms with Gasteiger partial charge in [-0.15, -0.1) is 0 Å². The Morgan fingerprint density at radius 3 is 2.42 bits per heavy atom. The minimum Gasteiger partial charge on any atom is -0.507 e. The molecule has 1 aliphatic carbocycles. The molecule has 0 atom stereocenters. The topological polar surface area (TPSA) is 104 Å². The van der Waals surface area contributed by atoms with Crippen LogP contribution in [-0.2, 0) is 10.0 Å². The van der Waals surface area contributed by atoms with Crippen LogP contribution in [0.25, 0.3) is 0 Å². The molecule has 0 unspecified atom stereocenters. The van der Waals surface area contributed by atoms with Crippen molar-refractivity contribution >= 4 is 21.7 Å². The standard InChI is InChI=1S/C12H15NO5S/c14-11-7-8(5-6-10(11)12(15)16)13-19(17,18)9-3-1-2-4-9/h5-7,9,13-14H,1-4H2,(H,15,16). The summed E-state index contributed by atoms with van der Waals surface area (Å²) >= 11 is 0. The molecule has 0 saturated heterocycles. The van der Waals surface area contributed by atoms with Crippen molar-refractivity contribution < 1.29 is 23.4 Å². The maximum absolute atomic E-state index is 12.0. The number of aromatic carboxylic acids is 1. The number of carbonyl (C=O) groups is 1. The number of benzene rings is 1. The molecule has 0 radical (unpaired) electrons. The zero-order chi connectivity index (χ0) is 14.0. The van der Waals surface area contributed by atoms with E-state index < -0.39 is 27.0 Å². The van der Waals surface area contributed by atoms with E-state index in [9.17, 15) is 18.3 Å². The summed E-state index contributed by atoms with van der Waals surface area (Å²) in [6.07, 6.45) is 3.06. The summed E-state index contributed by atoms with van der Waals surface area (Å²) in [6, 6.07) is 3.61. The quantitative estimate of drug-likeness (QED) is 0.782. The number of anilines is 1. The highest BCUT2D eigenvalue weighted by molar-refractivity contribution is 7.93. The molecule has 0 aliphatic heterocycles. The van der Waals surface area contributed by atoms with Crippen molar-refractivity contribution in [3.63, 3.8) is 0 Å². The smallest absolute Gasteiger partial charge is 0.339 e. The molecule has 0 spiro atoms. The third kappa shape index (κ3) is 2.98. The molecule has 3 N–H and O–H groups in total. The lowest BCUT2D eigenvalue weighted by Gasteiger charge is -2.13. The fourth-order valence-electron chi connectivity index (χ4n) is 2.22. The van der Waals surface area contributed by atoms with E-state index in [2.05, 4.69) is 4.72 Å². The molecule has 104 valence electrons. The minimum absolute atomic E-state index is 0.175. The molecule has 6 nitrogen and oxygen atoms in total. The van der Waals surface area contributed by atoms with E-state index in [4.69, 9.17) is 5.11 Å². The first-order chi connectivity index (χ1) is 8.90. The fourth-order valence-corrected chi connectivity index (χ4v) is 3.80. The van der Waals surface area contributed by atoms with E-state index in [0.717, 1.165) is 18.9 Å². The van der Waals surface area contributed by atoms with Gasteiger partial charge in [0.15, 0.2) is 0 Å². The lowest BCUT2D eigenvalue weighted by Crippen LogP contribution is -2.25. The van der Waals surface area contributed by atoms with Crippen molar-refractivity contribution in [2.45, 2.75) is 30.9 Å². The second kappa shape index (κ2) is 5.08. The molecule has 0 heterocycles. The highest BCUT2D eigenvalue weighted by Crippen LogP contribution is 2.28. The monoisotopic (exact) mass is 285 g/mol. The molecule has 1 saturated carbocycles. The molecule has 0 aromatic heterocycles. The Bertz CT molecular complexity index is 590. The van der Waals surface area contributed by atoms with Gasteiger partial charge in [0.2, 0.25) is 10.0 Å². The predicted molar refractivity (Wildman–Crippen MR) is 69.9 cm³/mol. The molecule has 0 bridgehead atoms. The Hall–Kier alpha value is -1.76. The van der Waals surface area contributed by atoms with Crippen LogP contribution in [0, 0.1) is 0 Å². The van der Waals surface area contributed by atoms with Gasteiger partial charge in [-0.1, -0.05) is 12.8 Å². The highest BCUT2D eigenvalue weighted by atomic mass is 32.2. The van der Waals surface area contributed by atoms with Crippen LogP contribution in [0.3, 0.4) is 0 Å². The first-order valence-corrected chi connectivity index (χ1v) is 7.53. The summed E-state index contributed by atoms with van der Waals surface area (Å²) in [5.74, 6) is -1.72. The summed E-state index contributed by atoms with van der Waals surface area (Å²) in [6.45, 7) is 0. The van der Waals surface area contributed by atoms with Gasteiger partial charge in [0.05, 0.1) is 10.9 Å². The predicted octanol–water partition coefficient (Wildman–Crippen LogP) is 1.77. The van der Waals surface area contributed by atoms with Crippen molar-refractivity contribution in [2.24, 2.45) is 0 Å². The molecule has 1 aromatic rings.